The number of benzene rings is 2. The van der Waals surface area contributed by atoms with Gasteiger partial charge in [0.1, 0.15) is 17.3 Å². The Morgan fingerprint density at radius 1 is 0.971 bits per heavy atom. The maximum atomic E-state index is 13.2. The van der Waals surface area contributed by atoms with Crippen molar-refractivity contribution >= 4 is 17.4 Å². The van der Waals surface area contributed by atoms with Crippen LogP contribution in [0.15, 0.2) is 48.0 Å². The van der Waals surface area contributed by atoms with E-state index in [-0.39, 0.29) is 11.3 Å². The van der Waals surface area contributed by atoms with Crippen LogP contribution in [0.25, 0.3) is 5.76 Å². The number of carbonyl (C=O) groups is 2. The van der Waals surface area contributed by atoms with Gasteiger partial charge < -0.3 is 24.4 Å². The fourth-order valence-corrected chi connectivity index (χ4v) is 4.09. The van der Waals surface area contributed by atoms with E-state index < -0.39 is 17.7 Å². The Labute approximate surface area is 207 Å². The molecule has 2 aromatic rings. The molecule has 1 unspecified atom stereocenters. The highest BCUT2D eigenvalue weighted by Gasteiger charge is 2.46. The molecule has 1 heterocycles. The molecule has 1 aliphatic rings. The molecule has 1 aliphatic heterocycles. The number of carbonyl (C=O) groups excluding carboxylic acids is 2. The molecule has 0 aromatic heterocycles. The van der Waals surface area contributed by atoms with Crippen LogP contribution in [0, 0.1) is 6.92 Å². The van der Waals surface area contributed by atoms with Crippen LogP contribution in [-0.4, -0.2) is 67.0 Å². The van der Waals surface area contributed by atoms with Crippen molar-refractivity contribution in [3.8, 4) is 11.5 Å². The van der Waals surface area contributed by atoms with Crippen molar-refractivity contribution < 1.29 is 24.2 Å². The molecule has 0 aliphatic carbocycles. The molecule has 35 heavy (non-hydrogen) atoms. The summed E-state index contributed by atoms with van der Waals surface area (Å²) in [5.41, 5.74) is 2.11. The number of ketones is 1. The minimum Gasteiger partial charge on any atom is -0.507 e. The molecular formula is C28H36N2O5. The first-order valence-electron chi connectivity index (χ1n) is 12.2. The first-order valence-corrected chi connectivity index (χ1v) is 12.2. The zero-order valence-corrected chi connectivity index (χ0v) is 21.3. The summed E-state index contributed by atoms with van der Waals surface area (Å²) in [5, 5.41) is 11.4. The summed E-state index contributed by atoms with van der Waals surface area (Å²) < 4.78 is 11.4. The summed E-state index contributed by atoms with van der Waals surface area (Å²) in [6.45, 7) is 8.07. The minimum absolute atomic E-state index is 0.0984. The third-order valence-electron chi connectivity index (χ3n) is 5.92. The molecule has 1 atom stereocenters. The first kappa shape index (κ1) is 26.3. The van der Waals surface area contributed by atoms with E-state index in [0.717, 1.165) is 29.7 Å². The number of aryl methyl sites for hydroxylation is 1. The molecule has 0 saturated carbocycles. The predicted molar refractivity (Wildman–Crippen MR) is 137 cm³/mol. The van der Waals surface area contributed by atoms with Crippen molar-refractivity contribution in [1.29, 1.82) is 0 Å². The van der Waals surface area contributed by atoms with E-state index in [1.807, 2.05) is 70.1 Å². The fourth-order valence-electron chi connectivity index (χ4n) is 4.09. The van der Waals surface area contributed by atoms with E-state index in [2.05, 4.69) is 0 Å². The quantitative estimate of drug-likeness (QED) is 0.289. The Kier molecular flexibility index (Phi) is 8.93. The number of hydrogen-bond donors (Lipinski definition) is 1. The number of likely N-dealkylation sites (tertiary alicyclic amines) is 1. The standard InChI is InChI=1S/C28H36N2O5/c1-6-16-34-21-10-8-20(9-11-21)25-24(27(32)28(33)30(25)15-14-29(4)5)26(31)23-13-12-22(18-19(23)3)35-17-7-2/h8-13,18,25,31H,6-7,14-17H2,1-5H3/b26-24+. The van der Waals surface area contributed by atoms with Gasteiger partial charge in [-0.15, -0.1) is 0 Å². The first-order chi connectivity index (χ1) is 16.8. The molecule has 7 heteroatoms. The van der Waals surface area contributed by atoms with Crippen molar-refractivity contribution in [3.05, 3.63) is 64.7 Å². The minimum atomic E-state index is -0.689. The predicted octanol–water partition coefficient (Wildman–Crippen LogP) is 4.56. The van der Waals surface area contributed by atoms with Crippen LogP contribution >= 0.6 is 0 Å². The Morgan fingerprint density at radius 3 is 2.14 bits per heavy atom. The Bertz CT molecular complexity index is 1080. The van der Waals surface area contributed by atoms with Gasteiger partial charge in [-0.3, -0.25) is 9.59 Å². The molecule has 0 bridgehead atoms. The summed E-state index contributed by atoms with van der Waals surface area (Å²) in [7, 11) is 3.83. The second kappa shape index (κ2) is 11.9. The van der Waals surface area contributed by atoms with Crippen LogP contribution in [0.1, 0.15) is 49.4 Å². The highest BCUT2D eigenvalue weighted by atomic mass is 16.5. The number of nitrogens with zero attached hydrogens (tertiary/aromatic N) is 2. The Hall–Kier alpha value is -3.32. The number of aliphatic hydroxyl groups is 1. The van der Waals surface area contributed by atoms with Crippen molar-refractivity contribution in [2.75, 3.05) is 40.4 Å². The number of likely N-dealkylation sites (N-methyl/N-ethyl adjacent to an activating group) is 1. The van der Waals surface area contributed by atoms with Gasteiger partial charge in [-0.25, -0.2) is 0 Å². The lowest BCUT2D eigenvalue weighted by Gasteiger charge is -2.26. The molecule has 1 amide bonds. The number of aliphatic hydroxyl groups excluding tert-OH is 1. The monoisotopic (exact) mass is 480 g/mol. The van der Waals surface area contributed by atoms with Gasteiger partial charge in [0.25, 0.3) is 11.7 Å². The van der Waals surface area contributed by atoms with Crippen LogP contribution in [0.4, 0.5) is 0 Å². The molecule has 1 saturated heterocycles. The number of amides is 1. The zero-order valence-electron chi connectivity index (χ0n) is 21.3. The number of ether oxygens (including phenoxy) is 2. The summed E-state index contributed by atoms with van der Waals surface area (Å²) in [5.74, 6) is -0.0361. The van der Waals surface area contributed by atoms with Crippen LogP contribution in [0.5, 0.6) is 11.5 Å². The maximum absolute atomic E-state index is 13.2. The van der Waals surface area contributed by atoms with Crippen LogP contribution in [0.2, 0.25) is 0 Å². The van der Waals surface area contributed by atoms with Crippen molar-refractivity contribution in [2.45, 2.75) is 39.7 Å². The van der Waals surface area contributed by atoms with Gasteiger partial charge in [-0.2, -0.15) is 0 Å². The normalized spacial score (nSPS) is 17.3. The highest BCUT2D eigenvalue weighted by molar-refractivity contribution is 6.46. The smallest absolute Gasteiger partial charge is 0.295 e. The van der Waals surface area contributed by atoms with E-state index >= 15 is 0 Å². The van der Waals surface area contributed by atoms with Gasteiger partial charge in [0.05, 0.1) is 24.8 Å². The fraction of sp³-hybridized carbons (Fsp3) is 0.429. The Morgan fingerprint density at radius 2 is 1.57 bits per heavy atom. The number of Topliss-reactive ketones (excluding diaryl/α,β-unsaturated/α-hetero) is 1. The van der Waals surface area contributed by atoms with Crippen molar-refractivity contribution in [1.82, 2.24) is 9.80 Å². The summed E-state index contributed by atoms with van der Waals surface area (Å²) in [4.78, 5) is 29.8. The topological polar surface area (TPSA) is 79.3 Å². The van der Waals surface area contributed by atoms with Gasteiger partial charge >= 0.3 is 0 Å². The third kappa shape index (κ3) is 6.03. The average Bonchev–Trinajstić information content (AvgIpc) is 3.09. The third-order valence-corrected chi connectivity index (χ3v) is 5.92. The molecule has 0 radical (unpaired) electrons. The maximum Gasteiger partial charge on any atom is 0.295 e. The largest absolute Gasteiger partial charge is 0.507 e. The van der Waals surface area contributed by atoms with E-state index in [1.54, 1.807) is 17.0 Å². The van der Waals surface area contributed by atoms with E-state index in [9.17, 15) is 14.7 Å². The summed E-state index contributed by atoms with van der Waals surface area (Å²) in [6.07, 6.45) is 1.79. The SMILES string of the molecule is CCCOc1ccc(C2/C(=C(\O)c3ccc(OCCC)cc3C)C(=O)C(=O)N2CCN(C)C)cc1. The molecule has 1 fully saturated rings. The van der Waals surface area contributed by atoms with Crippen molar-refractivity contribution in [3.63, 3.8) is 0 Å². The van der Waals surface area contributed by atoms with Gasteiger partial charge in [-0.05, 0) is 75.3 Å². The molecular weight excluding hydrogens is 444 g/mol. The van der Waals surface area contributed by atoms with Crippen molar-refractivity contribution in [2.24, 2.45) is 0 Å². The lowest BCUT2D eigenvalue weighted by atomic mass is 9.94. The molecule has 0 spiro atoms. The highest BCUT2D eigenvalue weighted by Crippen LogP contribution is 2.40. The van der Waals surface area contributed by atoms with E-state index in [4.69, 9.17) is 9.47 Å². The molecule has 3 rings (SSSR count). The zero-order chi connectivity index (χ0) is 25.5. The van der Waals surface area contributed by atoms with Gasteiger partial charge in [-0.1, -0.05) is 26.0 Å². The van der Waals surface area contributed by atoms with E-state index in [0.29, 0.717) is 37.6 Å². The average molecular weight is 481 g/mol. The van der Waals surface area contributed by atoms with Crippen LogP contribution < -0.4 is 9.47 Å². The second-order valence-electron chi connectivity index (χ2n) is 9.04. The lowest BCUT2D eigenvalue weighted by molar-refractivity contribution is -0.140. The van der Waals surface area contributed by atoms with Gasteiger partial charge in [0.15, 0.2) is 0 Å². The number of rotatable bonds is 11. The molecule has 1 N–H and O–H groups in total. The number of hydrogen-bond acceptors (Lipinski definition) is 6. The van der Waals surface area contributed by atoms with Crippen LogP contribution in [-0.2, 0) is 9.59 Å². The lowest BCUT2D eigenvalue weighted by Crippen LogP contribution is -2.35. The molecule has 188 valence electrons. The second-order valence-corrected chi connectivity index (χ2v) is 9.04. The van der Waals surface area contributed by atoms with E-state index in [1.165, 1.54) is 0 Å². The Balaban J connectivity index is 2.06. The summed E-state index contributed by atoms with van der Waals surface area (Å²) in [6, 6.07) is 12.0. The van der Waals surface area contributed by atoms with Gasteiger partial charge in [0, 0.05) is 18.7 Å². The molecule has 7 nitrogen and oxygen atoms in total. The van der Waals surface area contributed by atoms with Gasteiger partial charge in [0.2, 0.25) is 0 Å². The van der Waals surface area contributed by atoms with Crippen LogP contribution in [0.3, 0.4) is 0 Å². The summed E-state index contributed by atoms with van der Waals surface area (Å²) >= 11 is 0. The molecule has 2 aromatic carbocycles.